The van der Waals surface area contributed by atoms with Gasteiger partial charge in [0.05, 0.1) is 27.3 Å². The van der Waals surface area contributed by atoms with Gasteiger partial charge in [-0.2, -0.15) is 5.26 Å². The third-order valence-electron chi connectivity index (χ3n) is 13.2. The Morgan fingerprint density at radius 3 is 2.23 bits per heavy atom. The molecule has 5 amide bonds. The first-order valence-electron chi connectivity index (χ1n) is 20.7. The topological polar surface area (TPSA) is 181 Å². The number of anilines is 2. The van der Waals surface area contributed by atoms with E-state index in [0.717, 1.165) is 75.7 Å². The van der Waals surface area contributed by atoms with E-state index >= 15 is 0 Å². The van der Waals surface area contributed by atoms with Gasteiger partial charge in [0.1, 0.15) is 24.0 Å². The zero-order valence-electron chi connectivity index (χ0n) is 34.4. The Morgan fingerprint density at radius 2 is 1.58 bits per heavy atom. The first kappa shape index (κ1) is 41.2. The predicted molar refractivity (Wildman–Crippen MR) is 223 cm³/mol. The van der Waals surface area contributed by atoms with Gasteiger partial charge in [-0.15, -0.1) is 0 Å². The van der Waals surface area contributed by atoms with Crippen molar-refractivity contribution in [1.82, 2.24) is 30.4 Å². The van der Waals surface area contributed by atoms with Crippen molar-refractivity contribution in [2.75, 3.05) is 55.6 Å². The van der Waals surface area contributed by atoms with Crippen molar-refractivity contribution < 1.29 is 28.7 Å². The first-order chi connectivity index (χ1) is 28.6. The van der Waals surface area contributed by atoms with E-state index in [2.05, 4.69) is 69.1 Å². The van der Waals surface area contributed by atoms with Gasteiger partial charge in [0, 0.05) is 86.7 Å². The van der Waals surface area contributed by atoms with Gasteiger partial charge in [-0.05, 0) is 68.5 Å². The number of imide groups is 2. The number of carbonyl (C=O) groups is 5. The summed E-state index contributed by atoms with van der Waals surface area (Å²) in [5, 5.41) is 15.0. The third kappa shape index (κ3) is 7.67. The summed E-state index contributed by atoms with van der Waals surface area (Å²) in [6.45, 7) is 14.3. The quantitative estimate of drug-likeness (QED) is 0.275. The monoisotopic (exact) mass is 835 g/mol. The average molecular weight is 836 g/mol. The molecule has 1 unspecified atom stereocenters. The number of amides is 5. The summed E-state index contributed by atoms with van der Waals surface area (Å²) in [5.74, 6) is -0.427. The highest BCUT2D eigenvalue weighted by atomic mass is 35.5. The maximum atomic E-state index is 13.4. The van der Waals surface area contributed by atoms with E-state index < -0.39 is 29.7 Å². The lowest BCUT2D eigenvalue weighted by Gasteiger charge is -2.63. The maximum absolute atomic E-state index is 13.4. The summed E-state index contributed by atoms with van der Waals surface area (Å²) in [4.78, 5) is 81.0. The molecular formula is C44H50ClN9O6. The summed E-state index contributed by atoms with van der Waals surface area (Å²) >= 11 is 6.24. The van der Waals surface area contributed by atoms with Crippen LogP contribution >= 0.6 is 11.6 Å². The number of benzene rings is 2. The molecule has 16 heteroatoms. The van der Waals surface area contributed by atoms with Gasteiger partial charge in [-0.25, -0.2) is 9.97 Å². The molecule has 1 saturated carbocycles. The number of ether oxygens (including phenoxy) is 1. The number of hydrogen-bond acceptors (Lipinski definition) is 12. The summed E-state index contributed by atoms with van der Waals surface area (Å²) in [7, 11) is 0. The van der Waals surface area contributed by atoms with E-state index in [1.807, 2.05) is 6.07 Å². The van der Waals surface area contributed by atoms with Crippen molar-refractivity contribution >= 4 is 52.8 Å². The Bertz CT molecular complexity index is 2240. The molecule has 3 aromatic rings. The fourth-order valence-corrected chi connectivity index (χ4v) is 10.3. The van der Waals surface area contributed by atoms with Crippen LogP contribution in [-0.4, -0.2) is 113 Å². The molecule has 1 aliphatic carbocycles. The number of carbonyl (C=O) groups excluding carboxylic acids is 5. The van der Waals surface area contributed by atoms with Crippen LogP contribution in [0.15, 0.2) is 48.8 Å². The highest BCUT2D eigenvalue weighted by molar-refractivity contribution is 6.31. The number of piperidine rings is 2. The van der Waals surface area contributed by atoms with Gasteiger partial charge in [0.2, 0.25) is 17.8 Å². The van der Waals surface area contributed by atoms with Gasteiger partial charge in [0.25, 0.3) is 17.7 Å². The van der Waals surface area contributed by atoms with E-state index in [4.69, 9.17) is 16.3 Å². The molecule has 5 aliphatic rings. The van der Waals surface area contributed by atoms with Crippen molar-refractivity contribution in [3.8, 4) is 11.8 Å². The van der Waals surface area contributed by atoms with Crippen LogP contribution in [0.5, 0.6) is 5.75 Å². The second kappa shape index (κ2) is 16.1. The van der Waals surface area contributed by atoms with Crippen LogP contribution in [0.4, 0.5) is 11.6 Å². The van der Waals surface area contributed by atoms with E-state index in [-0.39, 0.29) is 47.3 Å². The number of fused-ring (bicyclic) bond motifs is 1. The van der Waals surface area contributed by atoms with Crippen molar-refractivity contribution in [1.29, 1.82) is 5.26 Å². The van der Waals surface area contributed by atoms with Gasteiger partial charge in [-0.1, -0.05) is 39.3 Å². The molecule has 4 fully saturated rings. The molecular weight excluding hydrogens is 786 g/mol. The lowest BCUT2D eigenvalue weighted by molar-refractivity contribution is -0.164. The van der Waals surface area contributed by atoms with Crippen LogP contribution in [0, 0.1) is 28.1 Å². The molecule has 4 aliphatic heterocycles. The molecule has 314 valence electrons. The Labute approximate surface area is 354 Å². The molecule has 0 radical (unpaired) electrons. The van der Waals surface area contributed by atoms with Crippen molar-refractivity contribution in [2.45, 2.75) is 78.0 Å². The van der Waals surface area contributed by atoms with Crippen LogP contribution in [0.25, 0.3) is 0 Å². The van der Waals surface area contributed by atoms with Crippen molar-refractivity contribution in [3.05, 3.63) is 76.1 Å². The van der Waals surface area contributed by atoms with Crippen LogP contribution in [0.3, 0.4) is 0 Å². The minimum atomic E-state index is -0.977. The Morgan fingerprint density at radius 1 is 0.900 bits per heavy atom. The summed E-state index contributed by atoms with van der Waals surface area (Å²) in [6.07, 6.45) is 6.38. The lowest BCUT2D eigenvalue weighted by Crippen LogP contribution is -2.74. The predicted octanol–water partition coefficient (Wildman–Crippen LogP) is 4.44. The fraction of sp³-hybridized carbons (Fsp3) is 0.500. The molecule has 0 spiro atoms. The summed E-state index contributed by atoms with van der Waals surface area (Å²) in [6, 6.07) is 11.3. The van der Waals surface area contributed by atoms with Crippen molar-refractivity contribution in [2.24, 2.45) is 16.7 Å². The van der Waals surface area contributed by atoms with E-state index in [0.29, 0.717) is 39.3 Å². The maximum Gasteiger partial charge on any atom is 0.262 e. The van der Waals surface area contributed by atoms with Crippen molar-refractivity contribution in [3.63, 3.8) is 0 Å². The number of aromatic nitrogens is 2. The zero-order chi connectivity index (χ0) is 42.5. The second-order valence-corrected chi connectivity index (χ2v) is 18.2. The van der Waals surface area contributed by atoms with Crippen LogP contribution in [-0.2, 0) is 9.59 Å². The number of nitrogens with zero attached hydrogens (tertiary/aromatic N) is 7. The number of halogens is 1. The molecule has 1 aromatic heterocycles. The third-order valence-corrected chi connectivity index (χ3v) is 13.6. The molecule has 5 heterocycles. The standard InChI is InChI=1S/C44H50ClN9O6/c1-43(2)40(44(3,4)41(43)60-30-7-5-27(23-46)33(45)22-30)50-36(56)28-24-47-42(48-25-28)53-15-12-26(13-16-53)11-14-51-17-19-52(20-18-51)29-6-8-31-32(21-29)39(59)54(38(31)58)34-9-10-35(55)49-37(34)57/h5-8,21-22,24-26,34,40-41H,9-20H2,1-4H3,(H,50,56)(H,49,55,57)/t34?,40-,41-. The molecule has 1 atom stereocenters. The number of rotatable bonds is 10. The molecule has 60 heavy (non-hydrogen) atoms. The summed E-state index contributed by atoms with van der Waals surface area (Å²) in [5.41, 5.74) is 1.48. The van der Waals surface area contributed by atoms with E-state index in [1.54, 1.807) is 42.7 Å². The first-order valence-corrected chi connectivity index (χ1v) is 21.1. The van der Waals surface area contributed by atoms with Crippen LogP contribution in [0.2, 0.25) is 5.02 Å². The second-order valence-electron chi connectivity index (χ2n) is 17.8. The minimum Gasteiger partial charge on any atom is -0.489 e. The van der Waals surface area contributed by atoms with Gasteiger partial charge in [0.15, 0.2) is 0 Å². The van der Waals surface area contributed by atoms with Gasteiger partial charge >= 0.3 is 0 Å². The highest BCUT2D eigenvalue weighted by Gasteiger charge is 2.64. The molecule has 2 N–H and O–H groups in total. The van der Waals surface area contributed by atoms with E-state index in [1.165, 1.54) is 0 Å². The Hall–Kier alpha value is -5.59. The number of nitriles is 1. The van der Waals surface area contributed by atoms with Gasteiger partial charge in [-0.3, -0.25) is 39.1 Å². The highest BCUT2D eigenvalue weighted by Crippen LogP contribution is 2.55. The van der Waals surface area contributed by atoms with Crippen LogP contribution < -0.4 is 25.2 Å². The minimum absolute atomic E-state index is 0.0878. The Balaban J connectivity index is 0.769. The summed E-state index contributed by atoms with van der Waals surface area (Å²) < 4.78 is 6.36. The average Bonchev–Trinajstić information content (AvgIpc) is 3.49. The normalized spacial score (nSPS) is 24.1. The fourth-order valence-electron chi connectivity index (χ4n) is 10.1. The Kier molecular flexibility index (Phi) is 11.1. The van der Waals surface area contributed by atoms with Gasteiger partial charge < -0.3 is 19.9 Å². The molecule has 15 nitrogen and oxygen atoms in total. The smallest absolute Gasteiger partial charge is 0.262 e. The molecule has 2 aromatic carbocycles. The van der Waals surface area contributed by atoms with E-state index in [9.17, 15) is 29.2 Å². The molecule has 3 saturated heterocycles. The number of hydrogen-bond donors (Lipinski definition) is 2. The zero-order valence-corrected chi connectivity index (χ0v) is 35.1. The lowest BCUT2D eigenvalue weighted by atomic mass is 9.49. The number of piperazine rings is 1. The molecule has 8 rings (SSSR count). The molecule has 0 bridgehead atoms. The SMILES string of the molecule is CC1(C)[C@H](NC(=O)c2cnc(N3CCC(CCN4CCN(c5ccc6c(c5)C(=O)N(C5CCC(=O)NC5=O)C6=O)CC4)CC3)nc2)C(C)(C)[C@H]1Oc1ccc(C#N)c(Cl)c1. The van der Waals surface area contributed by atoms with Crippen LogP contribution in [0.1, 0.15) is 96.4 Å². The number of nitrogens with one attached hydrogen (secondary N) is 2. The largest absolute Gasteiger partial charge is 0.489 e.